The average Bonchev–Trinajstić information content (AvgIpc) is 3.29. The van der Waals surface area contributed by atoms with E-state index >= 15 is 0 Å². The van der Waals surface area contributed by atoms with Gasteiger partial charge in [-0.05, 0) is 36.8 Å². The van der Waals surface area contributed by atoms with Crippen molar-refractivity contribution < 1.29 is 9.32 Å². The van der Waals surface area contributed by atoms with Crippen molar-refractivity contribution in [3.63, 3.8) is 0 Å². The van der Waals surface area contributed by atoms with Gasteiger partial charge in [0, 0.05) is 11.6 Å². The van der Waals surface area contributed by atoms with Crippen molar-refractivity contribution in [2.24, 2.45) is 0 Å². The van der Waals surface area contributed by atoms with Crippen LogP contribution in [0.1, 0.15) is 42.5 Å². The van der Waals surface area contributed by atoms with Gasteiger partial charge in [-0.3, -0.25) is 14.5 Å². The van der Waals surface area contributed by atoms with E-state index in [9.17, 15) is 4.79 Å². The molecule has 142 valence electrons. The molecule has 0 saturated carbocycles. The third-order valence-electron chi connectivity index (χ3n) is 4.29. The summed E-state index contributed by atoms with van der Waals surface area (Å²) in [6.45, 7) is 7.97. The number of fused-ring (bicyclic) bond motifs is 1. The first kappa shape index (κ1) is 17.8. The van der Waals surface area contributed by atoms with Crippen LogP contribution in [0.15, 0.2) is 47.1 Å². The van der Waals surface area contributed by atoms with E-state index in [1.54, 1.807) is 22.6 Å². The molecule has 4 aromatic rings. The first-order valence-electron chi connectivity index (χ1n) is 8.89. The van der Waals surface area contributed by atoms with Crippen molar-refractivity contribution in [2.45, 2.75) is 33.1 Å². The summed E-state index contributed by atoms with van der Waals surface area (Å²) in [7, 11) is 0. The van der Waals surface area contributed by atoms with Gasteiger partial charge in [0.05, 0.1) is 11.1 Å². The Morgan fingerprint density at radius 1 is 1.14 bits per heavy atom. The largest absolute Gasteiger partial charge is 0.334 e. The molecule has 0 bridgehead atoms. The minimum atomic E-state index is -0.332. The van der Waals surface area contributed by atoms with Crippen molar-refractivity contribution in [3.8, 4) is 11.5 Å². The first-order valence-corrected chi connectivity index (χ1v) is 8.89. The minimum absolute atomic E-state index is 0.252. The van der Waals surface area contributed by atoms with Crippen LogP contribution in [-0.4, -0.2) is 30.6 Å². The zero-order chi connectivity index (χ0) is 19.9. The van der Waals surface area contributed by atoms with Gasteiger partial charge in [0.25, 0.3) is 11.8 Å². The molecule has 0 aliphatic heterocycles. The van der Waals surface area contributed by atoms with Crippen LogP contribution >= 0.6 is 0 Å². The Morgan fingerprint density at radius 2 is 1.93 bits per heavy atom. The lowest BCUT2D eigenvalue weighted by Gasteiger charge is -2.11. The Labute approximate surface area is 161 Å². The predicted molar refractivity (Wildman–Crippen MR) is 104 cm³/mol. The van der Waals surface area contributed by atoms with Gasteiger partial charge in [-0.25, -0.2) is 0 Å². The molecule has 0 radical (unpaired) electrons. The molecule has 0 aliphatic carbocycles. The molecule has 0 unspecified atom stereocenters. The normalized spacial score (nSPS) is 11.7. The van der Waals surface area contributed by atoms with Crippen molar-refractivity contribution >= 4 is 17.5 Å². The van der Waals surface area contributed by atoms with Crippen LogP contribution in [-0.2, 0) is 5.41 Å². The zero-order valence-corrected chi connectivity index (χ0v) is 16.1. The molecule has 0 atom stereocenters. The maximum atomic E-state index is 12.9. The molecule has 4 rings (SSSR count). The van der Waals surface area contributed by atoms with Gasteiger partial charge in [-0.1, -0.05) is 38.1 Å². The number of benzene rings is 1. The van der Waals surface area contributed by atoms with Gasteiger partial charge in [0.1, 0.15) is 0 Å². The van der Waals surface area contributed by atoms with Crippen LogP contribution in [0.3, 0.4) is 0 Å². The first-order chi connectivity index (χ1) is 13.3. The van der Waals surface area contributed by atoms with E-state index in [4.69, 9.17) is 4.52 Å². The highest BCUT2D eigenvalue weighted by Gasteiger charge is 2.24. The van der Waals surface area contributed by atoms with Crippen molar-refractivity contribution in [1.29, 1.82) is 0 Å². The number of nitrogens with one attached hydrogen (secondary N) is 1. The van der Waals surface area contributed by atoms with Gasteiger partial charge in [-0.15, -0.1) is 10.2 Å². The summed E-state index contributed by atoms with van der Waals surface area (Å²) in [5, 5.41) is 15.0. The Balaban J connectivity index is 1.68. The predicted octanol–water partition coefficient (Wildman–Crippen LogP) is 3.64. The number of nitrogens with zero attached hydrogens (tertiary/aromatic N) is 5. The number of hydrogen-bond donors (Lipinski definition) is 1. The molecule has 0 aliphatic rings. The van der Waals surface area contributed by atoms with Crippen LogP contribution in [0.4, 0.5) is 5.95 Å². The summed E-state index contributed by atoms with van der Waals surface area (Å²) in [5.41, 5.74) is 2.45. The number of rotatable bonds is 3. The highest BCUT2D eigenvalue weighted by Crippen LogP contribution is 2.26. The average molecular weight is 376 g/mol. The highest BCUT2D eigenvalue weighted by atomic mass is 16.5. The molecule has 0 saturated heterocycles. The van der Waals surface area contributed by atoms with Gasteiger partial charge >= 0.3 is 0 Å². The number of amides is 1. The number of aryl methyl sites for hydroxylation is 1. The maximum absolute atomic E-state index is 12.9. The number of hydrogen-bond acceptors (Lipinski definition) is 6. The van der Waals surface area contributed by atoms with Gasteiger partial charge in [0.15, 0.2) is 11.5 Å². The Bertz CT molecular complexity index is 1170. The fourth-order valence-corrected chi connectivity index (χ4v) is 2.75. The Morgan fingerprint density at radius 3 is 2.68 bits per heavy atom. The molecule has 8 nitrogen and oxygen atoms in total. The molecule has 1 amide bonds. The third-order valence-corrected chi connectivity index (χ3v) is 4.29. The topological polar surface area (TPSA) is 98.2 Å². The van der Waals surface area contributed by atoms with E-state index in [1.165, 1.54) is 0 Å². The lowest BCUT2D eigenvalue weighted by atomic mass is 9.96. The number of pyridine rings is 1. The molecule has 1 aromatic carbocycles. The van der Waals surface area contributed by atoms with Gasteiger partial charge < -0.3 is 4.52 Å². The van der Waals surface area contributed by atoms with Crippen LogP contribution in [0.2, 0.25) is 0 Å². The Hall–Kier alpha value is -3.55. The quantitative estimate of drug-likeness (QED) is 0.586. The Kier molecular flexibility index (Phi) is 4.18. The van der Waals surface area contributed by atoms with E-state index in [0.717, 1.165) is 5.56 Å². The van der Waals surface area contributed by atoms with E-state index in [2.05, 4.69) is 25.7 Å². The van der Waals surface area contributed by atoms with Crippen molar-refractivity contribution in [2.75, 3.05) is 5.32 Å². The van der Waals surface area contributed by atoms with E-state index < -0.39 is 0 Å². The summed E-state index contributed by atoms with van der Waals surface area (Å²) in [6.07, 6.45) is 1.82. The van der Waals surface area contributed by atoms with Crippen molar-refractivity contribution in [1.82, 2.24) is 24.7 Å². The molecule has 28 heavy (non-hydrogen) atoms. The fraction of sp³-hybridized carbons (Fsp3) is 0.250. The third kappa shape index (κ3) is 3.24. The van der Waals surface area contributed by atoms with Gasteiger partial charge in [-0.2, -0.15) is 4.98 Å². The number of aromatic nitrogens is 5. The van der Waals surface area contributed by atoms with E-state index in [0.29, 0.717) is 34.4 Å². The second-order valence-corrected chi connectivity index (χ2v) is 7.63. The van der Waals surface area contributed by atoms with Crippen LogP contribution in [0, 0.1) is 6.92 Å². The molecular weight excluding hydrogens is 356 g/mol. The number of carbonyl (C=O) groups is 1. The summed E-state index contributed by atoms with van der Waals surface area (Å²) in [6, 6.07) is 10.9. The second kappa shape index (κ2) is 6.56. The summed E-state index contributed by atoms with van der Waals surface area (Å²) in [5.74, 6) is 0.894. The minimum Gasteiger partial charge on any atom is -0.334 e. The maximum Gasteiger partial charge on any atom is 0.258 e. The molecule has 3 aromatic heterocycles. The summed E-state index contributed by atoms with van der Waals surface area (Å²) >= 11 is 0. The highest BCUT2D eigenvalue weighted by molar-refractivity contribution is 6.07. The molecule has 3 heterocycles. The zero-order valence-electron chi connectivity index (χ0n) is 16.1. The van der Waals surface area contributed by atoms with Crippen molar-refractivity contribution in [3.05, 3.63) is 59.5 Å². The van der Waals surface area contributed by atoms with Crippen LogP contribution < -0.4 is 5.32 Å². The summed E-state index contributed by atoms with van der Waals surface area (Å²) < 4.78 is 7.13. The van der Waals surface area contributed by atoms with Crippen LogP contribution in [0.25, 0.3) is 17.1 Å². The standard InChI is InChI=1S/C20H20N6O2/c1-12-9-10-26-15(11-12)23-24-19(26)21-16(27)13-7-5-6-8-14(13)17-22-18(25-28-17)20(2,3)4/h5-11H,1-4H3,(H,21,24,27). The number of carbonyl (C=O) groups excluding carboxylic acids is 1. The lowest BCUT2D eigenvalue weighted by molar-refractivity contribution is 0.102. The van der Waals surface area contributed by atoms with E-state index in [1.807, 2.05) is 52.1 Å². The smallest absolute Gasteiger partial charge is 0.258 e. The lowest BCUT2D eigenvalue weighted by Crippen LogP contribution is -2.15. The van der Waals surface area contributed by atoms with Gasteiger partial charge in [0.2, 0.25) is 5.95 Å². The summed E-state index contributed by atoms with van der Waals surface area (Å²) in [4.78, 5) is 17.4. The molecule has 1 N–H and O–H groups in total. The molecule has 8 heteroatoms. The monoisotopic (exact) mass is 376 g/mol. The molecule has 0 spiro atoms. The molecular formula is C20H20N6O2. The van der Waals surface area contributed by atoms with Crippen LogP contribution in [0.5, 0.6) is 0 Å². The molecule has 0 fully saturated rings. The second-order valence-electron chi connectivity index (χ2n) is 7.63. The van der Waals surface area contributed by atoms with E-state index in [-0.39, 0.29) is 11.3 Å². The number of anilines is 1. The SMILES string of the molecule is Cc1ccn2c(NC(=O)c3ccccc3-c3nc(C(C)(C)C)no3)nnc2c1. The fourth-order valence-electron chi connectivity index (χ4n) is 2.75.